The lowest BCUT2D eigenvalue weighted by Crippen LogP contribution is -2.23. The number of nitriles is 1. The second kappa shape index (κ2) is 9.89. The molecule has 0 spiro atoms. The van der Waals surface area contributed by atoms with Crippen LogP contribution < -0.4 is 14.8 Å². The van der Waals surface area contributed by atoms with E-state index >= 15 is 0 Å². The highest BCUT2D eigenvalue weighted by atomic mass is 32.2. The lowest BCUT2D eigenvalue weighted by Gasteiger charge is -2.12. The molecule has 0 aliphatic rings. The van der Waals surface area contributed by atoms with Crippen LogP contribution in [0.4, 0.5) is 5.69 Å². The van der Waals surface area contributed by atoms with Crippen molar-refractivity contribution in [3.05, 3.63) is 89.5 Å². The summed E-state index contributed by atoms with van der Waals surface area (Å²) in [6.45, 7) is 1.64. The molecule has 0 saturated carbocycles. The highest BCUT2D eigenvalue weighted by Crippen LogP contribution is 2.22. The first-order valence-electron chi connectivity index (χ1n) is 9.44. The van der Waals surface area contributed by atoms with Crippen molar-refractivity contribution in [1.82, 2.24) is 4.72 Å². The molecular formula is C23H21N3O4S. The van der Waals surface area contributed by atoms with Gasteiger partial charge >= 0.3 is 0 Å². The molecule has 2 N–H and O–H groups in total. The lowest BCUT2D eigenvalue weighted by molar-refractivity contribution is -0.118. The van der Waals surface area contributed by atoms with E-state index in [-0.39, 0.29) is 18.0 Å². The average Bonchev–Trinajstić information content (AvgIpc) is 2.77. The van der Waals surface area contributed by atoms with Crippen molar-refractivity contribution in [2.45, 2.75) is 18.4 Å². The second-order valence-electron chi connectivity index (χ2n) is 6.77. The summed E-state index contributed by atoms with van der Waals surface area (Å²) in [4.78, 5) is 12.2. The standard InChI is InChI=1S/C23H21N3O4S/c1-17-12-21(31(28,29)25-15-18-6-3-2-4-7-18)10-11-22(17)30-16-23(27)26-20-9-5-8-19(13-20)14-24/h2-13,25H,15-16H2,1H3,(H,26,27). The van der Waals surface area contributed by atoms with E-state index in [1.165, 1.54) is 18.2 Å². The van der Waals surface area contributed by atoms with E-state index < -0.39 is 15.9 Å². The monoisotopic (exact) mass is 435 g/mol. The second-order valence-corrected chi connectivity index (χ2v) is 8.53. The maximum Gasteiger partial charge on any atom is 0.262 e. The molecule has 1 amide bonds. The summed E-state index contributed by atoms with van der Waals surface area (Å²) in [7, 11) is -3.69. The number of nitrogens with one attached hydrogen (secondary N) is 2. The van der Waals surface area contributed by atoms with E-state index in [9.17, 15) is 13.2 Å². The number of sulfonamides is 1. The van der Waals surface area contributed by atoms with Gasteiger partial charge in [-0.2, -0.15) is 5.26 Å². The number of benzene rings is 3. The first kappa shape index (κ1) is 22.0. The minimum atomic E-state index is -3.69. The van der Waals surface area contributed by atoms with Crippen molar-refractivity contribution >= 4 is 21.6 Å². The SMILES string of the molecule is Cc1cc(S(=O)(=O)NCc2ccccc2)ccc1OCC(=O)Nc1cccc(C#N)c1. The summed E-state index contributed by atoms with van der Waals surface area (Å²) in [6.07, 6.45) is 0. The average molecular weight is 436 g/mol. The number of hydrogen-bond acceptors (Lipinski definition) is 5. The van der Waals surface area contributed by atoms with Crippen LogP contribution in [-0.2, 0) is 21.4 Å². The summed E-state index contributed by atoms with van der Waals surface area (Å²) in [5.74, 6) is 0.0126. The Labute approximate surface area is 181 Å². The third-order valence-corrected chi connectivity index (χ3v) is 5.80. The molecule has 0 radical (unpaired) electrons. The van der Waals surface area contributed by atoms with Crippen molar-refractivity contribution in [3.8, 4) is 11.8 Å². The van der Waals surface area contributed by atoms with Gasteiger partial charge in [-0.15, -0.1) is 0 Å². The Hall–Kier alpha value is -3.67. The van der Waals surface area contributed by atoms with Crippen molar-refractivity contribution in [3.63, 3.8) is 0 Å². The number of hydrogen-bond donors (Lipinski definition) is 2. The molecule has 0 atom stereocenters. The van der Waals surface area contributed by atoms with Gasteiger partial charge in [-0.25, -0.2) is 13.1 Å². The molecule has 8 heteroatoms. The molecule has 0 heterocycles. The fraction of sp³-hybridized carbons (Fsp3) is 0.130. The van der Waals surface area contributed by atoms with Crippen molar-refractivity contribution < 1.29 is 17.9 Å². The number of rotatable bonds is 8. The van der Waals surface area contributed by atoms with Crippen LogP contribution in [0.5, 0.6) is 5.75 Å². The molecule has 3 aromatic rings. The van der Waals surface area contributed by atoms with Crippen LogP contribution in [0.1, 0.15) is 16.7 Å². The Bertz CT molecular complexity index is 1220. The minimum absolute atomic E-state index is 0.117. The van der Waals surface area contributed by atoms with Crippen LogP contribution >= 0.6 is 0 Å². The van der Waals surface area contributed by atoms with Crippen LogP contribution in [0.3, 0.4) is 0 Å². The predicted molar refractivity (Wildman–Crippen MR) is 117 cm³/mol. The smallest absolute Gasteiger partial charge is 0.262 e. The Balaban J connectivity index is 1.59. The zero-order chi connectivity index (χ0) is 22.3. The molecule has 0 unspecified atom stereocenters. The minimum Gasteiger partial charge on any atom is -0.483 e. The van der Waals surface area contributed by atoms with Crippen LogP contribution in [0.2, 0.25) is 0 Å². The normalized spacial score (nSPS) is 10.8. The van der Waals surface area contributed by atoms with Gasteiger partial charge < -0.3 is 10.1 Å². The predicted octanol–water partition coefficient (Wildman–Crippen LogP) is 3.36. The molecule has 0 bridgehead atoms. The highest BCUT2D eigenvalue weighted by Gasteiger charge is 2.16. The maximum atomic E-state index is 12.6. The molecule has 3 rings (SSSR count). The molecule has 0 fully saturated rings. The largest absolute Gasteiger partial charge is 0.483 e. The van der Waals surface area contributed by atoms with Crippen molar-refractivity contribution in [1.29, 1.82) is 5.26 Å². The van der Waals surface area contributed by atoms with Gasteiger partial charge in [0.05, 0.1) is 16.5 Å². The van der Waals surface area contributed by atoms with Gasteiger partial charge in [0.1, 0.15) is 5.75 Å². The maximum absolute atomic E-state index is 12.6. The van der Waals surface area contributed by atoms with E-state index in [1.54, 1.807) is 31.2 Å². The molecule has 0 aliphatic carbocycles. The summed E-state index contributed by atoms with van der Waals surface area (Å²) in [6, 6.07) is 22.2. The van der Waals surface area contributed by atoms with Crippen LogP contribution in [0.15, 0.2) is 77.7 Å². The fourth-order valence-corrected chi connectivity index (χ4v) is 3.92. The van der Waals surface area contributed by atoms with Crippen LogP contribution in [0.25, 0.3) is 0 Å². The van der Waals surface area contributed by atoms with Crippen LogP contribution in [0, 0.1) is 18.3 Å². The fourth-order valence-electron chi connectivity index (χ4n) is 2.82. The molecule has 158 valence electrons. The summed E-state index contributed by atoms with van der Waals surface area (Å²) < 4.78 is 33.2. The lowest BCUT2D eigenvalue weighted by atomic mass is 10.2. The summed E-state index contributed by atoms with van der Waals surface area (Å²) in [5, 5.41) is 11.6. The number of anilines is 1. The molecule has 7 nitrogen and oxygen atoms in total. The molecule has 0 aromatic heterocycles. The van der Waals surface area contributed by atoms with Gasteiger partial charge in [0.15, 0.2) is 6.61 Å². The number of amides is 1. The third-order valence-electron chi connectivity index (χ3n) is 4.40. The van der Waals surface area contributed by atoms with Gasteiger partial charge in [-0.05, 0) is 54.4 Å². The van der Waals surface area contributed by atoms with E-state index in [0.29, 0.717) is 22.6 Å². The quantitative estimate of drug-likeness (QED) is 0.564. The number of ether oxygens (including phenoxy) is 1. The summed E-state index contributed by atoms with van der Waals surface area (Å²) >= 11 is 0. The molecule has 0 saturated heterocycles. The Morgan fingerprint density at radius 1 is 1.03 bits per heavy atom. The van der Waals surface area contributed by atoms with E-state index in [4.69, 9.17) is 10.00 Å². The van der Waals surface area contributed by atoms with Crippen LogP contribution in [-0.4, -0.2) is 20.9 Å². The van der Waals surface area contributed by atoms with Gasteiger partial charge in [0.2, 0.25) is 10.0 Å². The van der Waals surface area contributed by atoms with Gasteiger partial charge in [-0.1, -0.05) is 36.4 Å². The number of carbonyl (C=O) groups is 1. The molecule has 3 aromatic carbocycles. The Morgan fingerprint density at radius 2 is 1.81 bits per heavy atom. The Kier molecular flexibility index (Phi) is 7.03. The molecule has 0 aliphatic heterocycles. The molecule has 31 heavy (non-hydrogen) atoms. The summed E-state index contributed by atoms with van der Waals surface area (Å²) in [5.41, 5.74) is 2.37. The third kappa shape index (κ3) is 6.15. The van der Waals surface area contributed by atoms with Gasteiger partial charge in [-0.3, -0.25) is 4.79 Å². The number of nitrogens with zero attached hydrogens (tertiary/aromatic N) is 1. The van der Waals surface area contributed by atoms with E-state index in [1.807, 2.05) is 36.4 Å². The van der Waals surface area contributed by atoms with Gasteiger partial charge in [0, 0.05) is 12.2 Å². The zero-order valence-electron chi connectivity index (χ0n) is 16.8. The van der Waals surface area contributed by atoms with E-state index in [0.717, 1.165) is 5.56 Å². The Morgan fingerprint density at radius 3 is 2.52 bits per heavy atom. The molecular weight excluding hydrogens is 414 g/mol. The van der Waals surface area contributed by atoms with Gasteiger partial charge in [0.25, 0.3) is 5.91 Å². The zero-order valence-corrected chi connectivity index (χ0v) is 17.6. The number of aryl methyl sites for hydroxylation is 1. The van der Waals surface area contributed by atoms with Crippen molar-refractivity contribution in [2.75, 3.05) is 11.9 Å². The topological polar surface area (TPSA) is 108 Å². The number of carbonyl (C=O) groups excluding carboxylic acids is 1. The highest BCUT2D eigenvalue weighted by molar-refractivity contribution is 7.89. The first-order chi connectivity index (χ1) is 14.9. The first-order valence-corrected chi connectivity index (χ1v) is 10.9. The van der Waals surface area contributed by atoms with E-state index in [2.05, 4.69) is 10.0 Å². The van der Waals surface area contributed by atoms with Crippen molar-refractivity contribution in [2.24, 2.45) is 0 Å².